The molecule has 192 valence electrons. The van der Waals surface area contributed by atoms with E-state index in [9.17, 15) is 29.3 Å². The SMILES string of the molecule is C=CC(=O)c1cc(OCCCOC(=O)C[C@H](NC(=O)OC(C)(C)C)C(=O)OCC)ccc1[N+](=O)[O-]. The van der Waals surface area contributed by atoms with Gasteiger partial charge in [-0.25, -0.2) is 9.59 Å². The zero-order valence-corrected chi connectivity index (χ0v) is 20.2. The smallest absolute Gasteiger partial charge is 0.408 e. The number of carbonyl (C=O) groups excluding carboxylic acids is 4. The van der Waals surface area contributed by atoms with Crippen LogP contribution in [0, 0.1) is 10.1 Å². The van der Waals surface area contributed by atoms with Gasteiger partial charge in [-0.1, -0.05) is 6.58 Å². The van der Waals surface area contributed by atoms with Gasteiger partial charge in [0.2, 0.25) is 0 Å². The Morgan fingerprint density at radius 3 is 2.43 bits per heavy atom. The molecule has 0 aliphatic rings. The third kappa shape index (κ3) is 10.7. The Balaban J connectivity index is 2.58. The Morgan fingerprint density at radius 1 is 1.17 bits per heavy atom. The standard InChI is InChI=1S/C23H30N2O10/c1-6-19(26)16-13-15(9-10-18(16)25(30)31)33-11-8-12-34-20(27)14-17(21(28)32-7-2)24-22(29)35-23(3,4)5/h6,9-10,13,17H,1,7-8,11-12,14H2,2-5H3,(H,24,29)/t17-/m0/s1. The predicted octanol–water partition coefficient (Wildman–Crippen LogP) is 3.12. The number of nitrogens with zero attached hydrogens (tertiary/aromatic N) is 1. The summed E-state index contributed by atoms with van der Waals surface area (Å²) in [7, 11) is 0. The molecule has 0 fully saturated rings. The number of benzene rings is 1. The van der Waals surface area contributed by atoms with Crippen LogP contribution >= 0.6 is 0 Å². The van der Waals surface area contributed by atoms with Crippen molar-refractivity contribution in [2.45, 2.75) is 52.2 Å². The number of carbonyl (C=O) groups is 4. The van der Waals surface area contributed by atoms with Gasteiger partial charge >= 0.3 is 18.0 Å². The van der Waals surface area contributed by atoms with Crippen LogP contribution in [0.5, 0.6) is 5.75 Å². The minimum absolute atomic E-state index is 0.0560. The molecule has 0 heterocycles. The van der Waals surface area contributed by atoms with Crippen LogP contribution in [0.25, 0.3) is 0 Å². The molecule has 0 saturated carbocycles. The number of allylic oxidation sites excluding steroid dienone is 1. The maximum Gasteiger partial charge on any atom is 0.408 e. The second-order valence-corrected chi connectivity index (χ2v) is 8.08. The maximum absolute atomic E-state index is 12.1. The van der Waals surface area contributed by atoms with Gasteiger partial charge in [0.25, 0.3) is 5.69 Å². The first-order valence-electron chi connectivity index (χ1n) is 10.8. The first-order valence-corrected chi connectivity index (χ1v) is 10.8. The van der Waals surface area contributed by atoms with E-state index in [-0.39, 0.29) is 43.2 Å². The Kier molecular flexibility index (Phi) is 11.4. The number of hydrogen-bond acceptors (Lipinski definition) is 10. The van der Waals surface area contributed by atoms with E-state index >= 15 is 0 Å². The fourth-order valence-corrected chi connectivity index (χ4v) is 2.62. The Hall–Kier alpha value is -3.96. The Labute approximate surface area is 202 Å². The number of ketones is 1. The first kappa shape index (κ1) is 29.1. The fourth-order valence-electron chi connectivity index (χ4n) is 2.62. The topological polar surface area (TPSA) is 160 Å². The number of ether oxygens (including phenoxy) is 4. The monoisotopic (exact) mass is 494 g/mol. The van der Waals surface area contributed by atoms with E-state index in [4.69, 9.17) is 18.9 Å². The van der Waals surface area contributed by atoms with E-state index in [0.29, 0.717) is 0 Å². The average molecular weight is 494 g/mol. The van der Waals surface area contributed by atoms with Gasteiger partial charge in [-0.05, 0) is 45.9 Å². The van der Waals surface area contributed by atoms with Gasteiger partial charge in [0, 0.05) is 12.5 Å². The minimum atomic E-state index is -1.28. The van der Waals surface area contributed by atoms with Crippen LogP contribution in [-0.4, -0.2) is 60.2 Å². The molecule has 0 saturated heterocycles. The molecule has 1 N–H and O–H groups in total. The summed E-state index contributed by atoms with van der Waals surface area (Å²) in [4.78, 5) is 58.4. The summed E-state index contributed by atoms with van der Waals surface area (Å²) >= 11 is 0. The lowest BCUT2D eigenvalue weighted by Gasteiger charge is -2.22. The lowest BCUT2D eigenvalue weighted by atomic mass is 10.1. The summed E-state index contributed by atoms with van der Waals surface area (Å²) in [5.74, 6) is -1.96. The molecule has 0 radical (unpaired) electrons. The largest absolute Gasteiger partial charge is 0.493 e. The van der Waals surface area contributed by atoms with Gasteiger partial charge in [-0.3, -0.25) is 19.7 Å². The third-order valence-corrected chi connectivity index (χ3v) is 4.07. The molecule has 1 atom stereocenters. The second-order valence-electron chi connectivity index (χ2n) is 8.08. The second kappa shape index (κ2) is 13.7. The molecule has 1 amide bonds. The van der Waals surface area contributed by atoms with Crippen LogP contribution in [0.3, 0.4) is 0 Å². The number of nitrogens with one attached hydrogen (secondary N) is 1. The molecule has 0 bridgehead atoms. The lowest BCUT2D eigenvalue weighted by molar-refractivity contribution is -0.385. The van der Waals surface area contributed by atoms with Gasteiger partial charge in [0.15, 0.2) is 5.78 Å². The molecule has 1 aromatic carbocycles. The number of alkyl carbamates (subject to hydrolysis) is 1. The normalized spacial score (nSPS) is 11.5. The number of nitro groups is 1. The van der Waals surface area contributed by atoms with Crippen LogP contribution in [0.15, 0.2) is 30.9 Å². The van der Waals surface area contributed by atoms with E-state index in [0.717, 1.165) is 12.1 Å². The van der Waals surface area contributed by atoms with Crippen molar-refractivity contribution in [2.24, 2.45) is 0 Å². The molecular formula is C23H30N2O10. The van der Waals surface area contributed by atoms with Crippen LogP contribution in [0.4, 0.5) is 10.5 Å². The Morgan fingerprint density at radius 2 is 1.86 bits per heavy atom. The van der Waals surface area contributed by atoms with Crippen molar-refractivity contribution in [2.75, 3.05) is 19.8 Å². The highest BCUT2D eigenvalue weighted by Crippen LogP contribution is 2.25. The quantitative estimate of drug-likeness (QED) is 0.0820. The molecule has 12 nitrogen and oxygen atoms in total. The highest BCUT2D eigenvalue weighted by Gasteiger charge is 2.28. The predicted molar refractivity (Wildman–Crippen MR) is 123 cm³/mol. The minimum Gasteiger partial charge on any atom is -0.493 e. The fraction of sp³-hybridized carbons (Fsp3) is 0.478. The van der Waals surface area contributed by atoms with Crippen molar-refractivity contribution >= 4 is 29.5 Å². The van der Waals surface area contributed by atoms with Crippen LogP contribution in [-0.2, 0) is 23.8 Å². The number of nitro benzene ring substituents is 1. The maximum atomic E-state index is 12.1. The summed E-state index contributed by atoms with van der Waals surface area (Å²) in [6.07, 6.45) is -0.132. The summed E-state index contributed by atoms with van der Waals surface area (Å²) in [5.41, 5.74) is -1.32. The van der Waals surface area contributed by atoms with Crippen molar-refractivity contribution in [3.63, 3.8) is 0 Å². The molecule has 0 aromatic heterocycles. The van der Waals surface area contributed by atoms with E-state index in [1.165, 1.54) is 12.1 Å². The van der Waals surface area contributed by atoms with E-state index in [1.807, 2.05) is 0 Å². The highest BCUT2D eigenvalue weighted by atomic mass is 16.6. The first-order chi connectivity index (χ1) is 16.4. The summed E-state index contributed by atoms with van der Waals surface area (Å²) in [5, 5.41) is 13.4. The number of amides is 1. The highest BCUT2D eigenvalue weighted by molar-refractivity contribution is 6.07. The number of esters is 2. The third-order valence-electron chi connectivity index (χ3n) is 4.07. The van der Waals surface area contributed by atoms with Gasteiger partial charge in [0.1, 0.15) is 23.0 Å². The average Bonchev–Trinajstić information content (AvgIpc) is 2.76. The summed E-state index contributed by atoms with van der Waals surface area (Å²) in [6.45, 7) is 9.92. The molecule has 0 spiro atoms. The molecule has 0 aliphatic carbocycles. The van der Waals surface area contributed by atoms with Crippen LogP contribution in [0.2, 0.25) is 0 Å². The van der Waals surface area contributed by atoms with Crippen LogP contribution < -0.4 is 10.1 Å². The number of hydrogen-bond donors (Lipinski definition) is 1. The van der Waals surface area contributed by atoms with Crippen LogP contribution in [0.1, 0.15) is 50.9 Å². The summed E-state index contributed by atoms with van der Waals surface area (Å²) < 4.78 is 20.5. The summed E-state index contributed by atoms with van der Waals surface area (Å²) in [6, 6.07) is 2.45. The van der Waals surface area contributed by atoms with Crippen molar-refractivity contribution < 1.29 is 43.0 Å². The van der Waals surface area contributed by atoms with E-state index < -0.39 is 46.8 Å². The van der Waals surface area contributed by atoms with E-state index in [1.54, 1.807) is 27.7 Å². The molecule has 1 aromatic rings. The van der Waals surface area contributed by atoms with Crippen molar-refractivity contribution in [1.82, 2.24) is 5.32 Å². The molecular weight excluding hydrogens is 464 g/mol. The van der Waals surface area contributed by atoms with Crippen molar-refractivity contribution in [1.29, 1.82) is 0 Å². The van der Waals surface area contributed by atoms with Crippen molar-refractivity contribution in [3.8, 4) is 5.75 Å². The zero-order valence-electron chi connectivity index (χ0n) is 20.2. The lowest BCUT2D eigenvalue weighted by Crippen LogP contribution is -2.45. The molecule has 1 rings (SSSR count). The van der Waals surface area contributed by atoms with Gasteiger partial charge in [-0.15, -0.1) is 0 Å². The van der Waals surface area contributed by atoms with Crippen molar-refractivity contribution in [3.05, 3.63) is 46.5 Å². The van der Waals surface area contributed by atoms with Gasteiger partial charge < -0.3 is 24.3 Å². The molecule has 12 heteroatoms. The zero-order chi connectivity index (χ0) is 26.6. The van der Waals surface area contributed by atoms with Gasteiger partial charge in [-0.2, -0.15) is 0 Å². The molecule has 0 aliphatic heterocycles. The number of rotatable bonds is 13. The van der Waals surface area contributed by atoms with Gasteiger partial charge in [0.05, 0.1) is 31.2 Å². The molecule has 35 heavy (non-hydrogen) atoms. The Bertz CT molecular complexity index is 952. The van der Waals surface area contributed by atoms with E-state index in [2.05, 4.69) is 11.9 Å². The molecule has 0 unspecified atom stereocenters.